The summed E-state index contributed by atoms with van der Waals surface area (Å²) in [7, 11) is 6.34. The van der Waals surface area contributed by atoms with E-state index >= 15 is 0 Å². The van der Waals surface area contributed by atoms with E-state index in [0.29, 0.717) is 0 Å². The standard InChI is InChI=1S/C15H28N4/c1-18(2)15(8-6-4-5-7-9-15)14(16)10-13-11-17-19(3)12-13/h11-12,14H,4-10,16H2,1-3H3. The van der Waals surface area contributed by atoms with E-state index in [1.807, 2.05) is 17.9 Å². The molecule has 4 nitrogen and oxygen atoms in total. The van der Waals surface area contributed by atoms with Gasteiger partial charge in [-0.15, -0.1) is 0 Å². The fourth-order valence-electron chi connectivity index (χ4n) is 3.51. The molecule has 2 rings (SSSR count). The molecule has 1 aromatic heterocycles. The van der Waals surface area contributed by atoms with Crippen LogP contribution in [0, 0.1) is 0 Å². The third-order valence-corrected chi connectivity index (χ3v) is 4.76. The Kier molecular flexibility index (Phi) is 4.63. The van der Waals surface area contributed by atoms with Crippen molar-refractivity contribution >= 4 is 0 Å². The van der Waals surface area contributed by atoms with Crippen molar-refractivity contribution in [2.24, 2.45) is 12.8 Å². The van der Waals surface area contributed by atoms with Crippen LogP contribution in [0.5, 0.6) is 0 Å². The molecule has 4 heteroatoms. The average molecular weight is 264 g/mol. The maximum Gasteiger partial charge on any atom is 0.0522 e. The molecule has 1 aromatic rings. The minimum Gasteiger partial charge on any atom is -0.326 e. The lowest BCUT2D eigenvalue weighted by atomic mass is 9.79. The fourth-order valence-corrected chi connectivity index (χ4v) is 3.51. The summed E-state index contributed by atoms with van der Waals surface area (Å²) in [4.78, 5) is 2.37. The van der Waals surface area contributed by atoms with Crippen molar-refractivity contribution in [1.82, 2.24) is 14.7 Å². The maximum absolute atomic E-state index is 6.62. The van der Waals surface area contributed by atoms with Gasteiger partial charge in [0.15, 0.2) is 0 Å². The summed E-state index contributed by atoms with van der Waals surface area (Å²) in [5, 5.41) is 4.25. The zero-order valence-electron chi connectivity index (χ0n) is 12.6. The number of aryl methyl sites for hydroxylation is 1. The lowest BCUT2D eigenvalue weighted by molar-refractivity contribution is 0.0968. The van der Waals surface area contributed by atoms with Crippen molar-refractivity contribution in [2.75, 3.05) is 14.1 Å². The van der Waals surface area contributed by atoms with E-state index in [2.05, 4.69) is 30.3 Å². The zero-order chi connectivity index (χ0) is 13.9. The first kappa shape index (κ1) is 14.5. The summed E-state index contributed by atoms with van der Waals surface area (Å²) in [6, 6.07) is 0.185. The molecule has 0 radical (unpaired) electrons. The quantitative estimate of drug-likeness (QED) is 0.846. The van der Waals surface area contributed by atoms with Crippen molar-refractivity contribution in [3.63, 3.8) is 0 Å². The Hall–Kier alpha value is -0.870. The predicted octanol–water partition coefficient (Wildman–Crippen LogP) is 1.94. The number of aromatic nitrogens is 2. The smallest absolute Gasteiger partial charge is 0.0522 e. The zero-order valence-corrected chi connectivity index (χ0v) is 12.6. The van der Waals surface area contributed by atoms with E-state index in [4.69, 9.17) is 5.73 Å². The molecule has 1 heterocycles. The third kappa shape index (κ3) is 3.18. The molecule has 1 aliphatic carbocycles. The van der Waals surface area contributed by atoms with Gasteiger partial charge in [-0.05, 0) is 38.9 Å². The second-order valence-electron chi connectivity index (χ2n) is 6.25. The van der Waals surface area contributed by atoms with Crippen LogP contribution in [-0.2, 0) is 13.5 Å². The van der Waals surface area contributed by atoms with Gasteiger partial charge in [0.05, 0.1) is 6.20 Å². The molecular weight excluding hydrogens is 236 g/mol. The van der Waals surface area contributed by atoms with Crippen LogP contribution in [0.4, 0.5) is 0 Å². The Balaban J connectivity index is 2.13. The van der Waals surface area contributed by atoms with Crippen LogP contribution in [0.15, 0.2) is 12.4 Å². The van der Waals surface area contributed by atoms with E-state index in [9.17, 15) is 0 Å². The normalized spacial score (nSPS) is 21.3. The van der Waals surface area contributed by atoms with Crippen LogP contribution in [0.25, 0.3) is 0 Å². The van der Waals surface area contributed by atoms with Crippen molar-refractivity contribution in [3.05, 3.63) is 18.0 Å². The first-order valence-electron chi connectivity index (χ1n) is 7.45. The largest absolute Gasteiger partial charge is 0.326 e. The minimum atomic E-state index is 0.159. The van der Waals surface area contributed by atoms with E-state index < -0.39 is 0 Å². The number of hydrogen-bond donors (Lipinski definition) is 1. The lowest BCUT2D eigenvalue weighted by Crippen LogP contribution is -2.58. The van der Waals surface area contributed by atoms with Gasteiger partial charge in [0.25, 0.3) is 0 Å². The summed E-state index contributed by atoms with van der Waals surface area (Å²) in [6.07, 6.45) is 12.7. The van der Waals surface area contributed by atoms with Gasteiger partial charge in [-0.25, -0.2) is 0 Å². The van der Waals surface area contributed by atoms with Crippen LogP contribution in [0.1, 0.15) is 44.1 Å². The first-order chi connectivity index (χ1) is 9.04. The Morgan fingerprint density at radius 3 is 2.42 bits per heavy atom. The Morgan fingerprint density at radius 2 is 1.95 bits per heavy atom. The molecule has 1 aliphatic rings. The van der Waals surface area contributed by atoms with E-state index in [1.165, 1.54) is 44.1 Å². The number of likely N-dealkylation sites (N-methyl/N-ethyl adjacent to an activating group) is 1. The molecule has 0 amide bonds. The van der Waals surface area contributed by atoms with Crippen molar-refractivity contribution in [3.8, 4) is 0 Å². The maximum atomic E-state index is 6.62. The molecule has 0 saturated heterocycles. The Morgan fingerprint density at radius 1 is 1.32 bits per heavy atom. The molecule has 1 fully saturated rings. The van der Waals surface area contributed by atoms with E-state index in [0.717, 1.165) is 6.42 Å². The second kappa shape index (κ2) is 6.06. The summed E-state index contributed by atoms with van der Waals surface area (Å²) in [5.41, 5.74) is 8.03. The molecule has 0 aliphatic heterocycles. The summed E-state index contributed by atoms with van der Waals surface area (Å²) >= 11 is 0. The van der Waals surface area contributed by atoms with Crippen molar-refractivity contribution < 1.29 is 0 Å². The van der Waals surface area contributed by atoms with Gasteiger partial charge in [0.2, 0.25) is 0 Å². The van der Waals surface area contributed by atoms with E-state index in [1.54, 1.807) is 0 Å². The number of nitrogens with zero attached hydrogens (tertiary/aromatic N) is 3. The molecule has 0 spiro atoms. The summed E-state index contributed by atoms with van der Waals surface area (Å²) in [5.74, 6) is 0. The fraction of sp³-hybridized carbons (Fsp3) is 0.800. The van der Waals surface area contributed by atoms with Gasteiger partial charge in [0.1, 0.15) is 0 Å². The first-order valence-corrected chi connectivity index (χ1v) is 7.45. The van der Waals surface area contributed by atoms with Gasteiger partial charge in [-0.2, -0.15) is 5.10 Å². The molecule has 0 aromatic carbocycles. The summed E-state index contributed by atoms with van der Waals surface area (Å²) < 4.78 is 1.86. The number of rotatable bonds is 4. The Labute approximate surface area is 117 Å². The third-order valence-electron chi connectivity index (χ3n) is 4.76. The van der Waals surface area contributed by atoms with Gasteiger partial charge in [0, 0.05) is 24.8 Å². The van der Waals surface area contributed by atoms with Crippen molar-refractivity contribution in [2.45, 2.75) is 56.5 Å². The van der Waals surface area contributed by atoms with Gasteiger partial charge >= 0.3 is 0 Å². The average Bonchev–Trinajstić information content (AvgIpc) is 2.65. The van der Waals surface area contributed by atoms with Crippen molar-refractivity contribution in [1.29, 1.82) is 0 Å². The molecular formula is C15H28N4. The molecule has 1 unspecified atom stereocenters. The van der Waals surface area contributed by atoms with Gasteiger partial charge in [-0.3, -0.25) is 4.68 Å². The van der Waals surface area contributed by atoms with Crippen LogP contribution < -0.4 is 5.73 Å². The SMILES string of the molecule is CN(C)C1(C(N)Cc2cnn(C)c2)CCCCCC1. The second-order valence-corrected chi connectivity index (χ2v) is 6.25. The molecule has 1 saturated carbocycles. The number of hydrogen-bond acceptors (Lipinski definition) is 3. The molecule has 0 bridgehead atoms. The lowest BCUT2D eigenvalue weighted by Gasteiger charge is -2.44. The molecule has 19 heavy (non-hydrogen) atoms. The Bertz CT molecular complexity index is 389. The molecule has 2 N–H and O–H groups in total. The van der Waals surface area contributed by atoms with E-state index in [-0.39, 0.29) is 11.6 Å². The van der Waals surface area contributed by atoms with Gasteiger partial charge < -0.3 is 10.6 Å². The topological polar surface area (TPSA) is 47.1 Å². The molecule has 1 atom stereocenters. The van der Waals surface area contributed by atoms with Gasteiger partial charge in [-0.1, -0.05) is 25.7 Å². The highest BCUT2D eigenvalue weighted by atomic mass is 15.2. The summed E-state index contributed by atoms with van der Waals surface area (Å²) in [6.45, 7) is 0. The van der Waals surface area contributed by atoms with Crippen LogP contribution >= 0.6 is 0 Å². The monoisotopic (exact) mass is 264 g/mol. The molecule has 108 valence electrons. The van der Waals surface area contributed by atoms with Crippen LogP contribution in [-0.4, -0.2) is 40.4 Å². The highest BCUT2D eigenvalue weighted by Crippen LogP contribution is 2.34. The predicted molar refractivity (Wildman–Crippen MR) is 79.0 cm³/mol. The highest BCUT2D eigenvalue weighted by Gasteiger charge is 2.38. The van der Waals surface area contributed by atoms with Crippen LogP contribution in [0.2, 0.25) is 0 Å². The number of nitrogens with two attached hydrogens (primary N) is 1. The van der Waals surface area contributed by atoms with Crippen LogP contribution in [0.3, 0.4) is 0 Å². The minimum absolute atomic E-state index is 0.159. The highest BCUT2D eigenvalue weighted by molar-refractivity contribution is 5.10.